The van der Waals surface area contributed by atoms with Crippen molar-refractivity contribution in [3.05, 3.63) is 21.3 Å². The lowest BCUT2D eigenvalue weighted by molar-refractivity contribution is -0.127. The number of amides is 1. The van der Waals surface area contributed by atoms with E-state index in [1.807, 2.05) is 19.1 Å². The minimum atomic E-state index is 0. The van der Waals surface area contributed by atoms with Gasteiger partial charge in [-0.05, 0) is 50.2 Å². The summed E-state index contributed by atoms with van der Waals surface area (Å²) in [7, 11) is 0. The molecule has 3 N–H and O–H groups in total. The van der Waals surface area contributed by atoms with Gasteiger partial charge in [-0.2, -0.15) is 0 Å². The Bertz CT molecular complexity index is 491. The van der Waals surface area contributed by atoms with Crippen LogP contribution in [0.5, 0.6) is 0 Å². The maximum Gasteiger partial charge on any atom is 0.225 e. The summed E-state index contributed by atoms with van der Waals surface area (Å²) in [4.78, 5) is 13.5. The van der Waals surface area contributed by atoms with Gasteiger partial charge in [0.2, 0.25) is 5.91 Å². The molecule has 2 aliphatic carbocycles. The second-order valence-corrected chi connectivity index (χ2v) is 7.56. The first-order chi connectivity index (χ1) is 9.06. The number of hydrogen-bond donors (Lipinski definition) is 2. The highest BCUT2D eigenvalue weighted by atomic mass is 35.5. The van der Waals surface area contributed by atoms with E-state index in [0.29, 0.717) is 11.8 Å². The van der Waals surface area contributed by atoms with Crippen LogP contribution in [0.15, 0.2) is 12.1 Å². The maximum absolute atomic E-state index is 12.4. The molecular weight excluding hydrogens is 315 g/mol. The molecule has 0 aromatic carbocycles. The number of thiophene rings is 1. The summed E-state index contributed by atoms with van der Waals surface area (Å²) in [6.45, 7) is 2.00. The number of nitrogens with one attached hydrogen (secondary N) is 1. The summed E-state index contributed by atoms with van der Waals surface area (Å²) >= 11 is 7.44. The Kier molecular flexibility index (Phi) is 5.00. The van der Waals surface area contributed by atoms with Gasteiger partial charge >= 0.3 is 0 Å². The van der Waals surface area contributed by atoms with Crippen molar-refractivity contribution < 1.29 is 4.79 Å². The van der Waals surface area contributed by atoms with Crippen LogP contribution in [-0.4, -0.2) is 11.9 Å². The van der Waals surface area contributed by atoms with Gasteiger partial charge in [-0.25, -0.2) is 0 Å². The Hall–Kier alpha value is -0.290. The van der Waals surface area contributed by atoms with E-state index in [1.165, 1.54) is 17.8 Å². The largest absolute Gasteiger partial charge is 0.348 e. The highest BCUT2D eigenvalue weighted by molar-refractivity contribution is 7.16. The fourth-order valence-corrected chi connectivity index (χ4v) is 4.73. The van der Waals surface area contributed by atoms with E-state index in [2.05, 4.69) is 5.32 Å². The summed E-state index contributed by atoms with van der Waals surface area (Å²) in [6.07, 6.45) is 3.50. The molecule has 6 heteroatoms. The first-order valence-electron chi connectivity index (χ1n) is 6.87. The predicted molar refractivity (Wildman–Crippen MR) is 85.4 cm³/mol. The van der Waals surface area contributed by atoms with Crippen molar-refractivity contribution in [2.75, 3.05) is 0 Å². The van der Waals surface area contributed by atoms with E-state index in [-0.39, 0.29) is 36.3 Å². The van der Waals surface area contributed by atoms with Crippen molar-refractivity contribution in [2.24, 2.45) is 23.5 Å². The summed E-state index contributed by atoms with van der Waals surface area (Å²) in [5.41, 5.74) is 6.20. The third-order valence-corrected chi connectivity index (χ3v) is 6.08. The van der Waals surface area contributed by atoms with Gasteiger partial charge in [0.15, 0.2) is 0 Å². The molecule has 1 aromatic rings. The summed E-state index contributed by atoms with van der Waals surface area (Å²) in [6, 6.07) is 3.90. The van der Waals surface area contributed by atoms with Crippen molar-refractivity contribution in [1.29, 1.82) is 0 Å². The zero-order chi connectivity index (χ0) is 13.6. The minimum Gasteiger partial charge on any atom is -0.348 e. The molecule has 112 valence electrons. The molecule has 2 saturated carbocycles. The fourth-order valence-electron chi connectivity index (χ4n) is 3.67. The molecule has 2 fully saturated rings. The number of fused-ring (bicyclic) bond motifs is 2. The highest BCUT2D eigenvalue weighted by Gasteiger charge is 2.49. The van der Waals surface area contributed by atoms with Gasteiger partial charge in [0.1, 0.15) is 0 Å². The van der Waals surface area contributed by atoms with Gasteiger partial charge in [0.25, 0.3) is 0 Å². The first kappa shape index (κ1) is 16.1. The Morgan fingerprint density at radius 3 is 2.70 bits per heavy atom. The molecule has 3 nitrogen and oxygen atoms in total. The topological polar surface area (TPSA) is 55.1 Å². The lowest BCUT2D eigenvalue weighted by Crippen LogP contribution is -2.45. The van der Waals surface area contributed by atoms with Crippen LogP contribution in [0, 0.1) is 17.8 Å². The molecule has 2 bridgehead atoms. The molecule has 3 rings (SSSR count). The maximum atomic E-state index is 12.4. The van der Waals surface area contributed by atoms with Crippen LogP contribution < -0.4 is 11.1 Å². The lowest BCUT2D eigenvalue weighted by Gasteiger charge is -2.28. The number of carbonyl (C=O) groups is 1. The zero-order valence-corrected chi connectivity index (χ0v) is 13.7. The van der Waals surface area contributed by atoms with E-state index in [9.17, 15) is 4.79 Å². The molecule has 0 saturated heterocycles. The number of nitrogens with two attached hydrogens (primary N) is 1. The van der Waals surface area contributed by atoms with Crippen molar-refractivity contribution in [1.82, 2.24) is 5.32 Å². The molecule has 1 heterocycles. The quantitative estimate of drug-likeness (QED) is 0.890. The standard InChI is InChI=1S/C14H19ClN2OS.ClH/c1-7(10-4-5-11(15)19-10)17-14(18)12-8-2-3-9(6-8)13(12)16;/h4-5,7-9,12-13H,2-3,6,16H2,1H3,(H,17,18);1H. The van der Waals surface area contributed by atoms with Crippen LogP contribution >= 0.6 is 35.3 Å². The van der Waals surface area contributed by atoms with E-state index in [1.54, 1.807) is 0 Å². The van der Waals surface area contributed by atoms with Crippen molar-refractivity contribution in [3.8, 4) is 0 Å². The van der Waals surface area contributed by atoms with Crippen LogP contribution in [0.2, 0.25) is 4.34 Å². The molecule has 20 heavy (non-hydrogen) atoms. The third kappa shape index (κ3) is 2.84. The summed E-state index contributed by atoms with van der Waals surface area (Å²) in [5, 5.41) is 3.10. The highest BCUT2D eigenvalue weighted by Crippen LogP contribution is 2.47. The van der Waals surface area contributed by atoms with Crippen LogP contribution in [-0.2, 0) is 4.79 Å². The average Bonchev–Trinajstić information content (AvgIpc) is 3.03. The first-order valence-corrected chi connectivity index (χ1v) is 8.07. The zero-order valence-electron chi connectivity index (χ0n) is 11.3. The predicted octanol–water partition coefficient (Wildman–Crippen LogP) is 3.37. The molecule has 5 unspecified atom stereocenters. The number of rotatable bonds is 3. The average molecular weight is 335 g/mol. The SMILES string of the molecule is CC(NC(=O)C1C2CCC(C2)C1N)c1ccc(Cl)s1.Cl. The van der Waals surface area contributed by atoms with E-state index < -0.39 is 0 Å². The van der Waals surface area contributed by atoms with Gasteiger partial charge in [0.05, 0.1) is 16.3 Å². The molecule has 5 atom stereocenters. The van der Waals surface area contributed by atoms with Crippen LogP contribution in [0.3, 0.4) is 0 Å². The van der Waals surface area contributed by atoms with Crippen molar-refractivity contribution in [3.63, 3.8) is 0 Å². The van der Waals surface area contributed by atoms with Gasteiger partial charge in [-0.3, -0.25) is 4.79 Å². The Morgan fingerprint density at radius 2 is 2.15 bits per heavy atom. The van der Waals surface area contributed by atoms with Gasteiger partial charge in [-0.15, -0.1) is 23.7 Å². The minimum absolute atomic E-state index is 0. The summed E-state index contributed by atoms with van der Waals surface area (Å²) in [5.74, 6) is 1.19. The smallest absolute Gasteiger partial charge is 0.225 e. The van der Waals surface area contributed by atoms with Crippen LogP contribution in [0.4, 0.5) is 0 Å². The number of halogens is 2. The lowest BCUT2D eigenvalue weighted by atomic mass is 9.84. The Labute approximate surface area is 134 Å². The van der Waals surface area contributed by atoms with Crippen molar-refractivity contribution >= 4 is 41.3 Å². The Morgan fingerprint density at radius 1 is 1.45 bits per heavy atom. The monoisotopic (exact) mass is 334 g/mol. The van der Waals surface area contributed by atoms with Gasteiger partial charge in [-0.1, -0.05) is 11.6 Å². The molecular formula is C14H20Cl2N2OS. The third-order valence-electron chi connectivity index (χ3n) is 4.66. The molecule has 1 aromatic heterocycles. The van der Waals surface area contributed by atoms with Crippen molar-refractivity contribution in [2.45, 2.75) is 38.3 Å². The molecule has 0 aliphatic heterocycles. The second-order valence-electron chi connectivity index (χ2n) is 5.81. The molecule has 1 amide bonds. The summed E-state index contributed by atoms with van der Waals surface area (Å²) < 4.78 is 0.757. The second kappa shape index (κ2) is 6.22. The normalized spacial score (nSPS) is 32.8. The number of hydrogen-bond acceptors (Lipinski definition) is 3. The molecule has 2 aliphatic rings. The number of carbonyl (C=O) groups excluding carboxylic acids is 1. The van der Waals surface area contributed by atoms with E-state index in [4.69, 9.17) is 17.3 Å². The molecule has 0 radical (unpaired) electrons. The van der Waals surface area contributed by atoms with E-state index in [0.717, 1.165) is 22.1 Å². The Balaban J connectivity index is 0.00000147. The van der Waals surface area contributed by atoms with Crippen LogP contribution in [0.25, 0.3) is 0 Å². The molecule has 0 spiro atoms. The van der Waals surface area contributed by atoms with Gasteiger partial charge in [0, 0.05) is 10.9 Å². The fraction of sp³-hybridized carbons (Fsp3) is 0.643. The van der Waals surface area contributed by atoms with Gasteiger partial charge < -0.3 is 11.1 Å². The van der Waals surface area contributed by atoms with Crippen LogP contribution in [0.1, 0.15) is 37.1 Å². The van der Waals surface area contributed by atoms with E-state index >= 15 is 0 Å².